The summed E-state index contributed by atoms with van der Waals surface area (Å²) in [4.78, 5) is 8.76. The van der Waals surface area contributed by atoms with Crippen molar-refractivity contribution < 1.29 is 20.1 Å². The van der Waals surface area contributed by atoms with Gasteiger partial charge in [0.15, 0.2) is 5.69 Å². The zero-order valence-electron chi connectivity index (χ0n) is 16.0. The molecule has 162 valence electrons. The van der Waals surface area contributed by atoms with Crippen LogP contribution in [0.5, 0.6) is 0 Å². The summed E-state index contributed by atoms with van der Waals surface area (Å²) < 4.78 is 7.07. The molecule has 0 radical (unpaired) electrons. The predicted molar refractivity (Wildman–Crippen MR) is 112 cm³/mol. The average molecular weight is 481 g/mol. The van der Waals surface area contributed by atoms with Crippen LogP contribution in [-0.4, -0.2) is 70.6 Å². The lowest BCUT2D eigenvalue weighted by atomic mass is 9.97. The molecule has 4 rings (SSSR count). The van der Waals surface area contributed by atoms with Crippen LogP contribution < -0.4 is 0 Å². The number of aliphatic hydroxyl groups is 3. The first-order valence-electron chi connectivity index (χ1n) is 9.10. The highest BCUT2D eigenvalue weighted by atomic mass is 35.5. The summed E-state index contributed by atoms with van der Waals surface area (Å²) >= 11 is 8.25. The van der Waals surface area contributed by atoms with Crippen LogP contribution in [0.25, 0.3) is 10.7 Å². The number of aryl methyl sites for hydroxylation is 1. The van der Waals surface area contributed by atoms with Crippen molar-refractivity contribution in [2.75, 3.05) is 6.61 Å². The SMILES string of the molecule is Cc1cnc(C#N)c(S[C@H]2O[C@H](CO)[C@H](O)[C@H](n3cc(-c4nc(Cl)cs4)nn3)[C@H]2O)c1. The number of thiazole rings is 1. The van der Waals surface area contributed by atoms with Gasteiger partial charge in [-0.05, 0) is 18.6 Å². The van der Waals surface area contributed by atoms with Crippen LogP contribution in [0, 0.1) is 18.3 Å². The first kappa shape index (κ1) is 22.1. The number of halogens is 1. The molecule has 0 saturated carbocycles. The van der Waals surface area contributed by atoms with Gasteiger partial charge in [-0.3, -0.25) is 0 Å². The number of nitrogens with zero attached hydrogens (tertiary/aromatic N) is 6. The number of aromatic nitrogens is 5. The van der Waals surface area contributed by atoms with Crippen molar-refractivity contribution in [3.05, 3.63) is 40.3 Å². The molecular formula is C18H17ClN6O4S2. The number of aliphatic hydroxyl groups excluding tert-OH is 3. The maximum absolute atomic E-state index is 11.0. The van der Waals surface area contributed by atoms with Crippen LogP contribution in [0.4, 0.5) is 0 Å². The second kappa shape index (κ2) is 9.17. The summed E-state index contributed by atoms with van der Waals surface area (Å²) in [7, 11) is 0. The van der Waals surface area contributed by atoms with Gasteiger partial charge < -0.3 is 20.1 Å². The molecule has 1 aliphatic heterocycles. The van der Waals surface area contributed by atoms with Crippen molar-refractivity contribution >= 4 is 34.7 Å². The molecule has 1 fully saturated rings. The lowest BCUT2D eigenvalue weighted by molar-refractivity contribution is -0.178. The molecule has 1 saturated heterocycles. The number of rotatable bonds is 5. The number of nitriles is 1. The first-order valence-corrected chi connectivity index (χ1v) is 11.2. The fourth-order valence-corrected chi connectivity index (χ4v) is 5.32. The molecule has 3 N–H and O–H groups in total. The topological polar surface area (TPSA) is 150 Å². The highest BCUT2D eigenvalue weighted by molar-refractivity contribution is 7.99. The molecule has 3 aromatic heterocycles. The molecule has 13 heteroatoms. The Morgan fingerprint density at radius 2 is 2.19 bits per heavy atom. The van der Waals surface area contributed by atoms with Crippen LogP contribution in [0.2, 0.25) is 5.15 Å². The molecule has 31 heavy (non-hydrogen) atoms. The summed E-state index contributed by atoms with van der Waals surface area (Å²) in [5, 5.41) is 51.4. The molecule has 4 heterocycles. The molecule has 0 aromatic carbocycles. The third kappa shape index (κ3) is 4.44. The zero-order valence-corrected chi connectivity index (χ0v) is 18.4. The van der Waals surface area contributed by atoms with E-state index in [0.29, 0.717) is 20.8 Å². The molecule has 0 amide bonds. The van der Waals surface area contributed by atoms with Crippen LogP contribution in [0.3, 0.4) is 0 Å². The normalized spacial score (nSPS) is 26.0. The van der Waals surface area contributed by atoms with E-state index < -0.39 is 36.4 Å². The molecule has 0 bridgehead atoms. The monoisotopic (exact) mass is 480 g/mol. The minimum absolute atomic E-state index is 0.193. The Morgan fingerprint density at radius 3 is 2.87 bits per heavy atom. The smallest absolute Gasteiger partial charge is 0.154 e. The molecular weight excluding hydrogens is 464 g/mol. The fourth-order valence-electron chi connectivity index (χ4n) is 3.21. The van der Waals surface area contributed by atoms with E-state index in [9.17, 15) is 20.6 Å². The molecule has 0 spiro atoms. The maximum atomic E-state index is 11.0. The van der Waals surface area contributed by atoms with E-state index >= 15 is 0 Å². The summed E-state index contributed by atoms with van der Waals surface area (Å²) in [5.41, 5.74) is 0.564. The van der Waals surface area contributed by atoms with Crippen molar-refractivity contribution in [3.8, 4) is 16.8 Å². The first-order chi connectivity index (χ1) is 14.9. The van der Waals surface area contributed by atoms with Crippen LogP contribution in [0.15, 0.2) is 28.7 Å². The Kier molecular flexibility index (Phi) is 6.54. The number of hydrogen-bond acceptors (Lipinski definition) is 11. The summed E-state index contributed by atoms with van der Waals surface area (Å²) in [6, 6.07) is 2.82. The van der Waals surface area contributed by atoms with E-state index in [4.69, 9.17) is 16.3 Å². The summed E-state index contributed by atoms with van der Waals surface area (Å²) in [5.74, 6) is 0. The minimum Gasteiger partial charge on any atom is -0.394 e. The third-order valence-electron chi connectivity index (χ3n) is 4.70. The third-order valence-corrected chi connectivity index (χ3v) is 7.07. The highest BCUT2D eigenvalue weighted by Crippen LogP contribution is 2.39. The van der Waals surface area contributed by atoms with Gasteiger partial charge in [0.2, 0.25) is 0 Å². The van der Waals surface area contributed by atoms with Crippen LogP contribution >= 0.6 is 34.7 Å². The number of pyridine rings is 1. The number of ether oxygens (including phenoxy) is 1. The van der Waals surface area contributed by atoms with E-state index in [0.717, 1.165) is 17.3 Å². The van der Waals surface area contributed by atoms with Gasteiger partial charge >= 0.3 is 0 Å². The van der Waals surface area contributed by atoms with Gasteiger partial charge in [0.25, 0.3) is 0 Å². The van der Waals surface area contributed by atoms with Crippen molar-refractivity contribution in [2.24, 2.45) is 0 Å². The molecule has 5 atom stereocenters. The lowest BCUT2D eigenvalue weighted by Gasteiger charge is -2.41. The van der Waals surface area contributed by atoms with E-state index in [1.165, 1.54) is 16.0 Å². The van der Waals surface area contributed by atoms with Crippen LogP contribution in [0.1, 0.15) is 17.3 Å². The Labute approximate surface area is 190 Å². The zero-order chi connectivity index (χ0) is 22.1. The Morgan fingerprint density at radius 1 is 1.39 bits per heavy atom. The standard InChI is InChI=1S/C18H17ClN6O4S2/c1-8-2-12(9(3-20)21-4-8)31-18-16(28)14(15(27)11(6-26)29-18)25-5-10(23-24-25)17-22-13(19)7-30-17/h2,4-5,7,11,14-16,18,26-28H,6H2,1H3/t11-,14+,15+,16-,18-/m1/s1. The number of thioether (sulfide) groups is 1. The van der Waals surface area contributed by atoms with Crippen molar-refractivity contribution in [1.29, 1.82) is 5.26 Å². The predicted octanol–water partition coefficient (Wildman–Crippen LogP) is 1.40. The second-order valence-electron chi connectivity index (χ2n) is 6.85. The van der Waals surface area contributed by atoms with Crippen molar-refractivity contribution in [3.63, 3.8) is 0 Å². The van der Waals surface area contributed by atoms with E-state index in [1.54, 1.807) is 23.8 Å². The van der Waals surface area contributed by atoms with Crippen LogP contribution in [-0.2, 0) is 4.74 Å². The van der Waals surface area contributed by atoms with E-state index in [-0.39, 0.29) is 5.69 Å². The largest absolute Gasteiger partial charge is 0.394 e. The lowest BCUT2D eigenvalue weighted by Crippen LogP contribution is -2.55. The fraction of sp³-hybridized carbons (Fsp3) is 0.389. The quantitative estimate of drug-likeness (QED) is 0.488. The second-order valence-corrected chi connectivity index (χ2v) is 9.23. The molecule has 0 unspecified atom stereocenters. The molecule has 1 aliphatic rings. The average Bonchev–Trinajstić information content (AvgIpc) is 3.39. The van der Waals surface area contributed by atoms with Gasteiger partial charge in [-0.15, -0.1) is 16.4 Å². The van der Waals surface area contributed by atoms with Gasteiger partial charge in [0, 0.05) is 16.5 Å². The Hall–Kier alpha value is -2.11. The van der Waals surface area contributed by atoms with Gasteiger partial charge in [-0.1, -0.05) is 28.6 Å². The molecule has 10 nitrogen and oxygen atoms in total. The van der Waals surface area contributed by atoms with E-state index in [2.05, 4.69) is 20.3 Å². The van der Waals surface area contributed by atoms with Gasteiger partial charge in [0.1, 0.15) is 51.7 Å². The van der Waals surface area contributed by atoms with E-state index in [1.807, 2.05) is 13.0 Å². The number of hydrogen-bond donors (Lipinski definition) is 3. The molecule has 3 aromatic rings. The molecule has 0 aliphatic carbocycles. The minimum atomic E-state index is -1.25. The Bertz CT molecular complexity index is 1120. The van der Waals surface area contributed by atoms with Crippen molar-refractivity contribution in [1.82, 2.24) is 25.0 Å². The van der Waals surface area contributed by atoms with Crippen molar-refractivity contribution in [2.45, 2.75) is 41.6 Å². The van der Waals surface area contributed by atoms with Gasteiger partial charge in [-0.2, -0.15) is 5.26 Å². The summed E-state index contributed by atoms with van der Waals surface area (Å²) in [6.45, 7) is 1.36. The van der Waals surface area contributed by atoms with Gasteiger partial charge in [-0.25, -0.2) is 14.6 Å². The van der Waals surface area contributed by atoms with Gasteiger partial charge in [0.05, 0.1) is 12.8 Å². The highest BCUT2D eigenvalue weighted by Gasteiger charge is 2.46. The summed E-state index contributed by atoms with van der Waals surface area (Å²) in [6.07, 6.45) is -0.341. The maximum Gasteiger partial charge on any atom is 0.154 e. The Balaban J connectivity index is 1.64.